The summed E-state index contributed by atoms with van der Waals surface area (Å²) < 4.78 is 18.7. The summed E-state index contributed by atoms with van der Waals surface area (Å²) in [5.74, 6) is 0.0700. The predicted molar refractivity (Wildman–Crippen MR) is 118 cm³/mol. The SMILES string of the molecule is CC(=O)N(C)C1CCN(c2ccc(NC(=O)c3ccc(-c4ccc(F)cc4)o3)cc2)C1. The molecule has 2 amide bonds. The minimum atomic E-state index is -0.356. The van der Waals surface area contributed by atoms with Crippen LogP contribution < -0.4 is 10.2 Å². The van der Waals surface area contributed by atoms with Crippen molar-refractivity contribution in [1.82, 2.24) is 4.90 Å². The molecule has 0 radical (unpaired) electrons. The molecule has 0 bridgehead atoms. The van der Waals surface area contributed by atoms with Crippen LogP contribution in [0.4, 0.5) is 15.8 Å². The molecule has 4 rings (SSSR count). The van der Waals surface area contributed by atoms with Gasteiger partial charge in [0, 0.05) is 44.0 Å². The molecule has 2 heterocycles. The lowest BCUT2D eigenvalue weighted by atomic mass is 10.2. The Morgan fingerprint density at radius 1 is 1.06 bits per heavy atom. The second-order valence-corrected chi connectivity index (χ2v) is 7.69. The minimum Gasteiger partial charge on any atom is -0.451 e. The zero-order chi connectivity index (χ0) is 22.0. The van der Waals surface area contributed by atoms with Gasteiger partial charge in [0.1, 0.15) is 11.6 Å². The molecule has 1 fully saturated rings. The van der Waals surface area contributed by atoms with Crippen LogP contribution in [0.25, 0.3) is 11.3 Å². The molecule has 0 aliphatic carbocycles. The molecule has 7 heteroatoms. The second-order valence-electron chi connectivity index (χ2n) is 7.69. The standard InChI is InChI=1S/C24H24FN3O3/c1-16(29)27(2)21-13-14-28(15-21)20-9-7-19(8-10-20)26-24(30)23-12-11-22(31-23)17-3-5-18(25)6-4-17/h3-12,21H,13-15H2,1-2H3,(H,26,30). The summed E-state index contributed by atoms with van der Waals surface area (Å²) in [7, 11) is 1.84. The van der Waals surface area contributed by atoms with Crippen molar-refractivity contribution >= 4 is 23.2 Å². The molecule has 1 aliphatic heterocycles. The van der Waals surface area contributed by atoms with E-state index in [0.29, 0.717) is 17.0 Å². The predicted octanol–water partition coefficient (Wildman–Crippen LogP) is 4.40. The Labute approximate surface area is 180 Å². The Morgan fingerprint density at radius 3 is 2.45 bits per heavy atom. The summed E-state index contributed by atoms with van der Waals surface area (Å²) in [6.07, 6.45) is 0.934. The molecule has 31 heavy (non-hydrogen) atoms. The fourth-order valence-electron chi connectivity index (χ4n) is 3.73. The smallest absolute Gasteiger partial charge is 0.291 e. The third kappa shape index (κ3) is 4.60. The van der Waals surface area contributed by atoms with Gasteiger partial charge in [-0.05, 0) is 67.1 Å². The number of benzene rings is 2. The number of anilines is 2. The summed E-state index contributed by atoms with van der Waals surface area (Å²) in [4.78, 5) is 28.1. The van der Waals surface area contributed by atoms with Gasteiger partial charge < -0.3 is 19.5 Å². The molecular weight excluding hydrogens is 397 g/mol. The first kappa shape index (κ1) is 20.7. The van der Waals surface area contributed by atoms with E-state index in [-0.39, 0.29) is 29.4 Å². The highest BCUT2D eigenvalue weighted by Crippen LogP contribution is 2.26. The van der Waals surface area contributed by atoms with Crippen molar-refractivity contribution in [3.05, 3.63) is 72.2 Å². The molecule has 0 spiro atoms. The summed E-state index contributed by atoms with van der Waals surface area (Å²) in [5.41, 5.74) is 2.41. The first-order valence-corrected chi connectivity index (χ1v) is 10.2. The fourth-order valence-corrected chi connectivity index (χ4v) is 3.73. The van der Waals surface area contributed by atoms with Crippen LogP contribution in [0.3, 0.4) is 0 Å². The number of rotatable bonds is 5. The zero-order valence-corrected chi connectivity index (χ0v) is 17.5. The van der Waals surface area contributed by atoms with Crippen LogP contribution in [0.2, 0.25) is 0 Å². The largest absolute Gasteiger partial charge is 0.451 e. The molecule has 160 valence electrons. The molecule has 1 aliphatic rings. The summed E-state index contributed by atoms with van der Waals surface area (Å²) >= 11 is 0. The number of hydrogen-bond donors (Lipinski definition) is 1. The molecule has 0 saturated carbocycles. The number of halogens is 1. The number of carbonyl (C=O) groups excluding carboxylic acids is 2. The van der Waals surface area contributed by atoms with E-state index in [4.69, 9.17) is 4.42 Å². The third-order valence-corrected chi connectivity index (χ3v) is 5.66. The van der Waals surface area contributed by atoms with Gasteiger partial charge in [0.25, 0.3) is 5.91 Å². The van der Waals surface area contributed by atoms with Crippen LogP contribution in [-0.4, -0.2) is 42.9 Å². The van der Waals surface area contributed by atoms with Gasteiger partial charge in [-0.2, -0.15) is 0 Å². The molecule has 1 aromatic heterocycles. The normalized spacial score (nSPS) is 15.7. The van der Waals surface area contributed by atoms with Crippen molar-refractivity contribution in [3.63, 3.8) is 0 Å². The van der Waals surface area contributed by atoms with Crippen LogP contribution in [0.5, 0.6) is 0 Å². The van der Waals surface area contributed by atoms with Gasteiger partial charge >= 0.3 is 0 Å². The molecule has 1 saturated heterocycles. The number of hydrogen-bond acceptors (Lipinski definition) is 4. The van der Waals surface area contributed by atoms with Crippen LogP contribution >= 0.6 is 0 Å². The number of carbonyl (C=O) groups is 2. The first-order chi connectivity index (χ1) is 14.9. The van der Waals surface area contributed by atoms with E-state index >= 15 is 0 Å². The topological polar surface area (TPSA) is 65.8 Å². The third-order valence-electron chi connectivity index (χ3n) is 5.66. The molecule has 1 unspecified atom stereocenters. The van der Waals surface area contributed by atoms with Gasteiger partial charge in [0.05, 0.1) is 6.04 Å². The van der Waals surface area contributed by atoms with E-state index in [2.05, 4.69) is 10.2 Å². The Kier molecular flexibility index (Phi) is 5.75. The summed E-state index contributed by atoms with van der Waals surface area (Å²) in [5, 5.41) is 2.83. The van der Waals surface area contributed by atoms with E-state index in [1.165, 1.54) is 12.1 Å². The maximum atomic E-state index is 13.1. The lowest BCUT2D eigenvalue weighted by Gasteiger charge is -2.24. The highest BCUT2D eigenvalue weighted by Gasteiger charge is 2.27. The van der Waals surface area contributed by atoms with E-state index < -0.39 is 0 Å². The van der Waals surface area contributed by atoms with Crippen LogP contribution in [0.1, 0.15) is 23.9 Å². The Balaban J connectivity index is 1.38. The van der Waals surface area contributed by atoms with Gasteiger partial charge in [-0.3, -0.25) is 9.59 Å². The van der Waals surface area contributed by atoms with Crippen LogP contribution in [-0.2, 0) is 4.79 Å². The molecule has 1 atom stereocenters. The van der Waals surface area contributed by atoms with E-state index in [0.717, 1.165) is 25.2 Å². The monoisotopic (exact) mass is 421 g/mol. The van der Waals surface area contributed by atoms with E-state index in [1.54, 1.807) is 36.1 Å². The van der Waals surface area contributed by atoms with E-state index in [9.17, 15) is 14.0 Å². The molecule has 3 aromatic rings. The first-order valence-electron chi connectivity index (χ1n) is 10.2. The minimum absolute atomic E-state index is 0.0745. The Bertz CT molecular complexity index is 1080. The number of amides is 2. The highest BCUT2D eigenvalue weighted by atomic mass is 19.1. The molecule has 2 aromatic carbocycles. The van der Waals surface area contributed by atoms with E-state index in [1.807, 2.05) is 31.3 Å². The van der Waals surface area contributed by atoms with Crippen LogP contribution in [0.15, 0.2) is 65.1 Å². The lowest BCUT2D eigenvalue weighted by Crippen LogP contribution is -2.37. The number of nitrogens with zero attached hydrogens (tertiary/aromatic N) is 2. The van der Waals surface area contributed by atoms with Crippen molar-refractivity contribution in [1.29, 1.82) is 0 Å². The van der Waals surface area contributed by atoms with Crippen molar-refractivity contribution in [2.45, 2.75) is 19.4 Å². The molecular formula is C24H24FN3O3. The molecule has 1 N–H and O–H groups in total. The van der Waals surface area contributed by atoms with Gasteiger partial charge in [-0.15, -0.1) is 0 Å². The quantitative estimate of drug-likeness (QED) is 0.663. The second kappa shape index (κ2) is 8.63. The lowest BCUT2D eigenvalue weighted by molar-refractivity contribution is -0.129. The number of likely N-dealkylation sites (N-methyl/N-ethyl adjacent to an activating group) is 1. The number of nitrogens with one attached hydrogen (secondary N) is 1. The Morgan fingerprint density at radius 2 is 1.77 bits per heavy atom. The van der Waals surface area contributed by atoms with Crippen LogP contribution in [0, 0.1) is 5.82 Å². The van der Waals surface area contributed by atoms with Crippen molar-refractivity contribution < 1.29 is 18.4 Å². The van der Waals surface area contributed by atoms with Crippen molar-refractivity contribution in [3.8, 4) is 11.3 Å². The maximum absolute atomic E-state index is 13.1. The van der Waals surface area contributed by atoms with Crippen molar-refractivity contribution in [2.75, 3.05) is 30.4 Å². The zero-order valence-electron chi connectivity index (χ0n) is 17.5. The number of furan rings is 1. The van der Waals surface area contributed by atoms with Gasteiger partial charge in [-0.1, -0.05) is 0 Å². The highest BCUT2D eigenvalue weighted by molar-refractivity contribution is 6.02. The Hall–Kier alpha value is -3.61. The molecule has 6 nitrogen and oxygen atoms in total. The van der Waals surface area contributed by atoms with Crippen molar-refractivity contribution in [2.24, 2.45) is 0 Å². The fraction of sp³-hybridized carbons (Fsp3) is 0.250. The van der Waals surface area contributed by atoms with Gasteiger partial charge in [0.2, 0.25) is 5.91 Å². The summed E-state index contributed by atoms with van der Waals surface area (Å²) in [6.45, 7) is 3.26. The van der Waals surface area contributed by atoms with Gasteiger partial charge in [0.15, 0.2) is 5.76 Å². The average molecular weight is 421 g/mol. The summed E-state index contributed by atoms with van der Waals surface area (Å²) in [6, 6.07) is 17.0. The maximum Gasteiger partial charge on any atom is 0.291 e. The van der Waals surface area contributed by atoms with Gasteiger partial charge in [-0.25, -0.2) is 4.39 Å². The average Bonchev–Trinajstić information content (AvgIpc) is 3.44.